The molecule has 0 aliphatic carbocycles. The topological polar surface area (TPSA) is 28.3 Å². The molecular formula is C12H15NO2. The fourth-order valence-electron chi connectivity index (χ4n) is 2.00. The standard InChI is InChI=1S/C12H15NO2/c1-13(7-11-8-14-11)12(9-15-12)10-5-3-2-4-6-10/h2-6,11H,7-9H2,1H3. The summed E-state index contributed by atoms with van der Waals surface area (Å²) >= 11 is 0. The van der Waals surface area contributed by atoms with E-state index in [0.717, 1.165) is 19.8 Å². The molecule has 3 nitrogen and oxygen atoms in total. The average molecular weight is 205 g/mol. The first kappa shape index (κ1) is 9.33. The number of likely N-dealkylation sites (N-methyl/N-ethyl adjacent to an activating group) is 1. The highest BCUT2D eigenvalue weighted by molar-refractivity contribution is 5.25. The maximum atomic E-state index is 5.64. The van der Waals surface area contributed by atoms with Gasteiger partial charge in [0.2, 0.25) is 0 Å². The highest BCUT2D eigenvalue weighted by Gasteiger charge is 2.51. The van der Waals surface area contributed by atoms with E-state index in [4.69, 9.17) is 9.47 Å². The third-order valence-corrected chi connectivity index (χ3v) is 3.14. The van der Waals surface area contributed by atoms with E-state index in [9.17, 15) is 0 Å². The molecule has 2 aliphatic heterocycles. The monoisotopic (exact) mass is 205 g/mol. The first-order valence-electron chi connectivity index (χ1n) is 5.33. The van der Waals surface area contributed by atoms with E-state index in [0.29, 0.717) is 6.10 Å². The second-order valence-electron chi connectivity index (χ2n) is 4.27. The molecule has 0 amide bonds. The second kappa shape index (κ2) is 3.30. The van der Waals surface area contributed by atoms with Crippen molar-refractivity contribution in [2.75, 3.05) is 26.8 Å². The van der Waals surface area contributed by atoms with Gasteiger partial charge in [-0.1, -0.05) is 30.3 Å². The Kier molecular flexibility index (Phi) is 2.06. The van der Waals surface area contributed by atoms with Crippen LogP contribution in [0.5, 0.6) is 0 Å². The fourth-order valence-corrected chi connectivity index (χ4v) is 2.00. The van der Waals surface area contributed by atoms with Gasteiger partial charge in [-0.15, -0.1) is 0 Å². The summed E-state index contributed by atoms with van der Waals surface area (Å²) in [6.07, 6.45) is 0.416. The van der Waals surface area contributed by atoms with Crippen molar-refractivity contribution < 1.29 is 9.47 Å². The first-order chi connectivity index (χ1) is 7.31. The lowest BCUT2D eigenvalue weighted by molar-refractivity contribution is 0.0949. The van der Waals surface area contributed by atoms with Crippen LogP contribution in [0.15, 0.2) is 30.3 Å². The van der Waals surface area contributed by atoms with Gasteiger partial charge in [0.05, 0.1) is 19.3 Å². The SMILES string of the molecule is CN(CC1CO1)C1(c2ccccc2)CO1. The number of hydrogen-bond acceptors (Lipinski definition) is 3. The molecule has 0 aromatic heterocycles. The second-order valence-corrected chi connectivity index (χ2v) is 4.27. The zero-order chi connectivity index (χ0) is 10.3. The van der Waals surface area contributed by atoms with Crippen LogP contribution in [-0.4, -0.2) is 37.8 Å². The highest BCUT2D eigenvalue weighted by atomic mass is 16.6. The zero-order valence-corrected chi connectivity index (χ0v) is 8.85. The van der Waals surface area contributed by atoms with Gasteiger partial charge in [0, 0.05) is 12.1 Å². The van der Waals surface area contributed by atoms with Gasteiger partial charge in [0.15, 0.2) is 5.72 Å². The van der Waals surface area contributed by atoms with Crippen LogP contribution in [0.1, 0.15) is 5.56 Å². The lowest BCUT2D eigenvalue weighted by Crippen LogP contribution is -2.35. The van der Waals surface area contributed by atoms with Gasteiger partial charge in [-0.2, -0.15) is 0 Å². The number of rotatable bonds is 4. The molecule has 2 atom stereocenters. The van der Waals surface area contributed by atoms with Crippen LogP contribution in [-0.2, 0) is 15.2 Å². The molecule has 1 aromatic rings. The van der Waals surface area contributed by atoms with Crippen LogP contribution in [0.2, 0.25) is 0 Å². The van der Waals surface area contributed by atoms with Crippen molar-refractivity contribution >= 4 is 0 Å². The minimum absolute atomic E-state index is 0.173. The molecule has 0 saturated carbocycles. The number of nitrogens with zero attached hydrogens (tertiary/aromatic N) is 1. The molecule has 2 saturated heterocycles. The number of hydrogen-bond donors (Lipinski definition) is 0. The van der Waals surface area contributed by atoms with Crippen molar-refractivity contribution in [2.24, 2.45) is 0 Å². The predicted octanol–water partition coefficient (Wildman–Crippen LogP) is 1.20. The third-order valence-electron chi connectivity index (χ3n) is 3.14. The summed E-state index contributed by atoms with van der Waals surface area (Å²) in [5, 5.41) is 0. The lowest BCUT2D eigenvalue weighted by atomic mass is 10.1. The van der Waals surface area contributed by atoms with E-state index in [1.807, 2.05) is 6.07 Å². The Morgan fingerprint density at radius 1 is 1.40 bits per heavy atom. The van der Waals surface area contributed by atoms with Gasteiger partial charge < -0.3 is 9.47 Å². The summed E-state index contributed by atoms with van der Waals surface area (Å²) in [4.78, 5) is 2.25. The zero-order valence-electron chi connectivity index (χ0n) is 8.85. The Balaban J connectivity index is 1.78. The minimum atomic E-state index is -0.173. The van der Waals surface area contributed by atoms with Gasteiger partial charge in [-0.3, -0.25) is 4.90 Å². The Hall–Kier alpha value is -0.900. The lowest BCUT2D eigenvalue weighted by Gasteiger charge is -2.24. The average Bonchev–Trinajstić information content (AvgIpc) is 3.14. The smallest absolute Gasteiger partial charge is 0.171 e. The largest absolute Gasteiger partial charge is 0.372 e. The van der Waals surface area contributed by atoms with Crippen molar-refractivity contribution in [1.29, 1.82) is 0 Å². The van der Waals surface area contributed by atoms with E-state index < -0.39 is 0 Å². The molecule has 3 rings (SSSR count). The first-order valence-corrected chi connectivity index (χ1v) is 5.33. The van der Waals surface area contributed by atoms with Crippen molar-refractivity contribution in [2.45, 2.75) is 11.8 Å². The molecular weight excluding hydrogens is 190 g/mol. The molecule has 15 heavy (non-hydrogen) atoms. The molecule has 0 N–H and O–H groups in total. The highest BCUT2D eigenvalue weighted by Crippen LogP contribution is 2.41. The Morgan fingerprint density at radius 3 is 2.60 bits per heavy atom. The molecule has 3 heteroatoms. The van der Waals surface area contributed by atoms with Crippen LogP contribution in [0, 0.1) is 0 Å². The Labute approximate surface area is 89.6 Å². The summed E-state index contributed by atoms with van der Waals surface area (Å²) < 4.78 is 10.9. The molecule has 2 unspecified atom stereocenters. The van der Waals surface area contributed by atoms with E-state index in [1.54, 1.807) is 0 Å². The van der Waals surface area contributed by atoms with Crippen LogP contribution in [0.25, 0.3) is 0 Å². The molecule has 2 fully saturated rings. The van der Waals surface area contributed by atoms with Gasteiger partial charge in [-0.05, 0) is 7.05 Å². The summed E-state index contributed by atoms with van der Waals surface area (Å²) in [5.41, 5.74) is 1.07. The van der Waals surface area contributed by atoms with E-state index in [1.165, 1.54) is 5.56 Å². The summed E-state index contributed by atoms with van der Waals surface area (Å²) in [6.45, 7) is 2.64. The molecule has 1 aromatic carbocycles. The molecule has 0 bridgehead atoms. The molecule has 0 radical (unpaired) electrons. The van der Waals surface area contributed by atoms with Crippen molar-refractivity contribution in [3.05, 3.63) is 35.9 Å². The van der Waals surface area contributed by atoms with Gasteiger partial charge in [0.25, 0.3) is 0 Å². The van der Waals surface area contributed by atoms with E-state index in [-0.39, 0.29) is 5.72 Å². The molecule has 2 heterocycles. The van der Waals surface area contributed by atoms with Crippen molar-refractivity contribution in [3.8, 4) is 0 Å². The third kappa shape index (κ3) is 1.67. The van der Waals surface area contributed by atoms with Crippen LogP contribution < -0.4 is 0 Å². The molecule has 80 valence electrons. The maximum absolute atomic E-state index is 5.64. The fraction of sp³-hybridized carbons (Fsp3) is 0.500. The van der Waals surface area contributed by atoms with Gasteiger partial charge in [0.1, 0.15) is 0 Å². The summed E-state index contributed by atoms with van der Waals surface area (Å²) in [6, 6.07) is 10.4. The molecule has 0 spiro atoms. The molecule has 2 aliphatic rings. The van der Waals surface area contributed by atoms with Crippen LogP contribution in [0.3, 0.4) is 0 Å². The van der Waals surface area contributed by atoms with Crippen LogP contribution in [0.4, 0.5) is 0 Å². The number of epoxide rings is 2. The van der Waals surface area contributed by atoms with Crippen molar-refractivity contribution in [3.63, 3.8) is 0 Å². The summed E-state index contributed by atoms with van der Waals surface area (Å²) in [5.74, 6) is 0. The Morgan fingerprint density at radius 2 is 2.07 bits per heavy atom. The number of benzene rings is 1. The normalized spacial score (nSPS) is 33.1. The van der Waals surface area contributed by atoms with Crippen molar-refractivity contribution in [1.82, 2.24) is 4.90 Å². The van der Waals surface area contributed by atoms with Gasteiger partial charge >= 0.3 is 0 Å². The predicted molar refractivity (Wildman–Crippen MR) is 56.4 cm³/mol. The quantitative estimate of drug-likeness (QED) is 0.691. The van der Waals surface area contributed by atoms with E-state index in [2.05, 4.69) is 36.2 Å². The summed E-state index contributed by atoms with van der Waals surface area (Å²) in [7, 11) is 2.10. The maximum Gasteiger partial charge on any atom is 0.171 e. The van der Waals surface area contributed by atoms with E-state index >= 15 is 0 Å². The van der Waals surface area contributed by atoms with Gasteiger partial charge in [-0.25, -0.2) is 0 Å². The van der Waals surface area contributed by atoms with Crippen LogP contribution >= 0.6 is 0 Å². The Bertz CT molecular complexity index is 344. The minimum Gasteiger partial charge on any atom is -0.372 e. The number of ether oxygens (including phenoxy) is 2.